The van der Waals surface area contributed by atoms with Crippen LogP contribution in [0.2, 0.25) is 0 Å². The summed E-state index contributed by atoms with van der Waals surface area (Å²) in [4.78, 5) is 12.9. The zero-order chi connectivity index (χ0) is 25.4. The smallest absolute Gasteiger partial charge is 0.309 e. The Bertz CT molecular complexity index is 877. The Morgan fingerprint density at radius 3 is 2.40 bits per heavy atom. The molecule has 5 rings (SSSR count). The maximum Gasteiger partial charge on any atom is 0.309 e. The van der Waals surface area contributed by atoms with Crippen molar-refractivity contribution in [2.45, 2.75) is 105 Å². The van der Waals surface area contributed by atoms with E-state index in [0.717, 1.165) is 49.9 Å². The summed E-state index contributed by atoms with van der Waals surface area (Å²) in [7, 11) is 0. The van der Waals surface area contributed by atoms with Crippen molar-refractivity contribution in [2.24, 2.45) is 63.1 Å². The Hall–Kier alpha value is -0.460. The minimum atomic E-state index is -2.27. The van der Waals surface area contributed by atoms with E-state index in [0.29, 0.717) is 11.3 Å². The molecule has 0 amide bonds. The van der Waals surface area contributed by atoms with E-state index in [9.17, 15) is 18.7 Å². The van der Waals surface area contributed by atoms with Gasteiger partial charge in [-0.15, -0.1) is 0 Å². The maximum absolute atomic E-state index is 12.9. The summed E-state index contributed by atoms with van der Waals surface area (Å²) in [6, 6.07) is 0. The third kappa shape index (κ3) is 3.58. The minimum Gasteiger partial charge on any atom is -0.481 e. The molecular weight excluding hydrogens is 460 g/mol. The number of aliphatic carboxylic acids is 1. The highest BCUT2D eigenvalue weighted by Gasteiger charge is 2.71. The summed E-state index contributed by atoms with van der Waals surface area (Å²) < 4.78 is 25.5. The van der Waals surface area contributed by atoms with E-state index in [1.54, 1.807) is 0 Å². The average Bonchev–Trinajstić information content (AvgIpc) is 3.19. The first-order chi connectivity index (χ1) is 16.4. The summed E-state index contributed by atoms with van der Waals surface area (Å²) in [5.41, 5.74) is 0.187. The molecule has 0 saturated heterocycles. The lowest BCUT2D eigenvalue weighted by atomic mass is 9.33. The Kier molecular flexibility index (Phi) is 6.57. The molecule has 5 saturated carbocycles. The van der Waals surface area contributed by atoms with Gasteiger partial charge in [0.25, 0.3) is 0 Å². The molecule has 0 aliphatic heterocycles. The second-order valence-electron chi connectivity index (χ2n) is 14.3. The molecule has 0 aromatic rings. The molecule has 0 bridgehead atoms. The monoisotopic (exact) mass is 508 g/mol. The molecule has 0 radical (unpaired) electrons. The lowest BCUT2D eigenvalue weighted by Crippen LogP contribution is -2.65. The van der Waals surface area contributed by atoms with Gasteiger partial charge in [0.2, 0.25) is 0 Å². The minimum absolute atomic E-state index is 0.0812. The molecule has 5 nitrogen and oxygen atoms in total. The highest BCUT2D eigenvalue weighted by molar-refractivity contribution is 7.74. The van der Waals surface area contributed by atoms with Crippen molar-refractivity contribution < 1.29 is 22.8 Å². The number of hydrogen-bond acceptors (Lipinski definition) is 3. The van der Waals surface area contributed by atoms with Crippen LogP contribution in [0.15, 0.2) is 0 Å². The van der Waals surface area contributed by atoms with Crippen LogP contribution in [-0.4, -0.2) is 26.4 Å². The van der Waals surface area contributed by atoms with Gasteiger partial charge < -0.3 is 5.11 Å². The standard InChI is InChI=1S/C29H48O5S/c1-18-7-6-12-26(3)21(18)11-13-28(5)23(26)9-8-22-24-20(19(2)17-34-35(32)33)10-14-29(24,25(30)31)16-15-27(22,28)4/h18-24H,6-17H2,1-5H3,(H,30,31)(H,32,33)/t18?,19?,20?,21?,22?,23?,24?,26?,27-,28?,29?/m1/s1. The van der Waals surface area contributed by atoms with Gasteiger partial charge in [-0.05, 0) is 115 Å². The summed E-state index contributed by atoms with van der Waals surface area (Å²) in [5, 5.41) is 10.6. The van der Waals surface area contributed by atoms with Gasteiger partial charge >= 0.3 is 17.3 Å². The largest absolute Gasteiger partial charge is 0.481 e. The van der Waals surface area contributed by atoms with Crippen LogP contribution >= 0.6 is 0 Å². The van der Waals surface area contributed by atoms with Crippen molar-refractivity contribution >= 4 is 17.3 Å². The van der Waals surface area contributed by atoms with E-state index in [1.165, 1.54) is 38.5 Å². The number of carboxylic acid groups (broad SMARTS) is 1. The zero-order valence-corrected chi connectivity index (χ0v) is 23.4. The third-order valence-corrected chi connectivity index (χ3v) is 13.8. The van der Waals surface area contributed by atoms with Gasteiger partial charge in [-0.1, -0.05) is 47.5 Å². The average molecular weight is 509 g/mol. The molecule has 0 heterocycles. The molecule has 35 heavy (non-hydrogen) atoms. The first-order valence-electron chi connectivity index (χ1n) is 14.4. The summed E-state index contributed by atoms with van der Waals surface area (Å²) in [6.45, 7) is 12.6. The Balaban J connectivity index is 1.51. The van der Waals surface area contributed by atoms with E-state index in [-0.39, 0.29) is 35.2 Å². The molecule has 5 aliphatic carbocycles. The molecule has 11 unspecified atom stereocenters. The first kappa shape index (κ1) is 26.2. The second-order valence-corrected chi connectivity index (χ2v) is 14.9. The van der Waals surface area contributed by atoms with Crippen LogP contribution in [0.1, 0.15) is 105 Å². The topological polar surface area (TPSA) is 83.8 Å². The molecule has 5 aliphatic rings. The molecule has 2 N–H and O–H groups in total. The van der Waals surface area contributed by atoms with Crippen molar-refractivity contribution in [1.82, 2.24) is 0 Å². The fourth-order valence-corrected chi connectivity index (χ4v) is 12.0. The van der Waals surface area contributed by atoms with E-state index in [2.05, 4.69) is 34.6 Å². The number of rotatable bonds is 5. The van der Waals surface area contributed by atoms with E-state index < -0.39 is 22.7 Å². The lowest BCUT2D eigenvalue weighted by Gasteiger charge is -2.71. The number of hydrogen-bond donors (Lipinski definition) is 2. The van der Waals surface area contributed by atoms with Crippen molar-refractivity contribution in [3.8, 4) is 0 Å². The van der Waals surface area contributed by atoms with Crippen molar-refractivity contribution in [3.05, 3.63) is 0 Å². The summed E-state index contributed by atoms with van der Waals surface area (Å²) in [6.07, 6.45) is 12.6. The van der Waals surface area contributed by atoms with Crippen molar-refractivity contribution in [2.75, 3.05) is 6.61 Å². The van der Waals surface area contributed by atoms with Crippen LogP contribution in [-0.2, 0) is 20.3 Å². The van der Waals surface area contributed by atoms with Crippen LogP contribution in [0.4, 0.5) is 0 Å². The van der Waals surface area contributed by atoms with Crippen LogP contribution in [0.3, 0.4) is 0 Å². The molecule has 12 atom stereocenters. The lowest BCUT2D eigenvalue weighted by molar-refractivity contribution is -0.232. The van der Waals surface area contributed by atoms with E-state index in [4.69, 9.17) is 4.18 Å². The number of carbonyl (C=O) groups is 1. The Morgan fingerprint density at radius 1 is 0.971 bits per heavy atom. The SMILES string of the molecule is CC(COS(=O)O)C1CCC2(C(=O)O)CC[C@]3(C)C(CCC4C5(C)CCCC(C)C5CCC43C)C12. The molecule has 6 heteroatoms. The highest BCUT2D eigenvalue weighted by Crippen LogP contribution is 2.76. The van der Waals surface area contributed by atoms with Gasteiger partial charge in [-0.3, -0.25) is 13.5 Å². The second kappa shape index (κ2) is 8.80. The molecule has 200 valence electrons. The van der Waals surface area contributed by atoms with Crippen molar-refractivity contribution in [1.29, 1.82) is 0 Å². The summed E-state index contributed by atoms with van der Waals surface area (Å²) >= 11 is -2.27. The normalized spacial score (nSPS) is 53.0. The first-order valence-corrected chi connectivity index (χ1v) is 15.4. The van der Waals surface area contributed by atoms with Crippen LogP contribution < -0.4 is 0 Å². The molecule has 0 spiro atoms. The van der Waals surface area contributed by atoms with Crippen LogP contribution in [0.5, 0.6) is 0 Å². The summed E-state index contributed by atoms with van der Waals surface area (Å²) in [5.74, 6) is 2.66. The van der Waals surface area contributed by atoms with Gasteiger partial charge in [0.15, 0.2) is 0 Å². The quantitative estimate of drug-likeness (QED) is 0.393. The van der Waals surface area contributed by atoms with Gasteiger partial charge in [0.05, 0.1) is 12.0 Å². The molecule has 5 fully saturated rings. The zero-order valence-electron chi connectivity index (χ0n) is 22.6. The third-order valence-electron chi connectivity index (χ3n) is 13.5. The van der Waals surface area contributed by atoms with Gasteiger partial charge in [0.1, 0.15) is 0 Å². The predicted molar refractivity (Wildman–Crippen MR) is 138 cm³/mol. The van der Waals surface area contributed by atoms with Crippen LogP contribution in [0, 0.1) is 63.1 Å². The molecule has 0 aromatic heterocycles. The predicted octanol–water partition coefficient (Wildman–Crippen LogP) is 6.94. The van der Waals surface area contributed by atoms with Gasteiger partial charge in [-0.25, -0.2) is 0 Å². The van der Waals surface area contributed by atoms with E-state index >= 15 is 0 Å². The Morgan fingerprint density at radius 2 is 1.71 bits per heavy atom. The fourth-order valence-electron chi connectivity index (χ4n) is 11.6. The highest BCUT2D eigenvalue weighted by atomic mass is 32.2. The van der Waals surface area contributed by atoms with E-state index in [1.807, 2.05) is 0 Å². The van der Waals surface area contributed by atoms with Gasteiger partial charge in [0, 0.05) is 0 Å². The fraction of sp³-hybridized carbons (Fsp3) is 0.966. The molecular formula is C29H48O5S. The molecule has 0 aromatic carbocycles. The van der Waals surface area contributed by atoms with Gasteiger partial charge in [-0.2, -0.15) is 4.21 Å². The Labute approximate surface area is 215 Å². The maximum atomic E-state index is 12.9. The van der Waals surface area contributed by atoms with Crippen molar-refractivity contribution in [3.63, 3.8) is 0 Å². The van der Waals surface area contributed by atoms with Crippen LogP contribution in [0.25, 0.3) is 0 Å². The number of carboxylic acids is 1. The number of fused-ring (bicyclic) bond motifs is 7.